The summed E-state index contributed by atoms with van der Waals surface area (Å²) in [6.45, 7) is 5.73. The molecule has 0 saturated carbocycles. The highest BCUT2D eigenvalue weighted by molar-refractivity contribution is 7.14. The normalized spacial score (nSPS) is 10.4. The van der Waals surface area contributed by atoms with Gasteiger partial charge in [-0.25, -0.2) is 0 Å². The van der Waals surface area contributed by atoms with Crippen LogP contribution in [0.1, 0.15) is 33.5 Å². The molecular formula is C17H22N2OS. The van der Waals surface area contributed by atoms with Gasteiger partial charge in [-0.2, -0.15) is 0 Å². The number of thiophene rings is 1. The minimum atomic E-state index is 0.0440. The van der Waals surface area contributed by atoms with E-state index < -0.39 is 0 Å². The molecule has 0 aliphatic rings. The lowest BCUT2D eigenvalue weighted by molar-refractivity contribution is 0.0957. The van der Waals surface area contributed by atoms with Crippen molar-refractivity contribution in [3.05, 3.63) is 51.7 Å². The van der Waals surface area contributed by atoms with E-state index in [1.165, 1.54) is 10.4 Å². The molecule has 1 aromatic heterocycles. The Bertz CT molecular complexity index is 578. The standard InChI is InChI=1S/C17H22N2OS/c1-3-15-13(2)12-16(21-15)17(20)19-11-7-10-18-14-8-5-4-6-9-14/h4-6,8-9,12,18H,3,7,10-11H2,1-2H3,(H,19,20). The van der Waals surface area contributed by atoms with Crippen LogP contribution in [0, 0.1) is 6.92 Å². The summed E-state index contributed by atoms with van der Waals surface area (Å²) < 4.78 is 0. The molecule has 1 amide bonds. The minimum absolute atomic E-state index is 0.0440. The molecule has 2 rings (SSSR count). The molecule has 1 heterocycles. The summed E-state index contributed by atoms with van der Waals surface area (Å²) >= 11 is 1.60. The summed E-state index contributed by atoms with van der Waals surface area (Å²) in [6, 6.07) is 12.1. The fourth-order valence-corrected chi connectivity index (χ4v) is 3.18. The average molecular weight is 302 g/mol. The van der Waals surface area contributed by atoms with Crippen molar-refractivity contribution < 1.29 is 4.79 Å². The van der Waals surface area contributed by atoms with Crippen LogP contribution >= 0.6 is 11.3 Å². The maximum absolute atomic E-state index is 12.0. The maximum Gasteiger partial charge on any atom is 0.261 e. The Hall–Kier alpha value is -1.81. The zero-order valence-corrected chi connectivity index (χ0v) is 13.4. The molecule has 0 atom stereocenters. The smallest absolute Gasteiger partial charge is 0.261 e. The van der Waals surface area contributed by atoms with Gasteiger partial charge in [-0.05, 0) is 43.5 Å². The molecular weight excluding hydrogens is 280 g/mol. The molecule has 2 N–H and O–H groups in total. The second-order valence-corrected chi connectivity index (χ2v) is 6.11. The second-order valence-electron chi connectivity index (χ2n) is 4.97. The number of hydrogen-bond donors (Lipinski definition) is 2. The van der Waals surface area contributed by atoms with Gasteiger partial charge in [-0.15, -0.1) is 11.3 Å². The number of aryl methyl sites for hydroxylation is 2. The molecule has 0 fully saturated rings. The van der Waals surface area contributed by atoms with Crippen LogP contribution in [0.2, 0.25) is 0 Å². The molecule has 0 bridgehead atoms. The highest BCUT2D eigenvalue weighted by atomic mass is 32.1. The Morgan fingerprint density at radius 1 is 1.19 bits per heavy atom. The second kappa shape index (κ2) is 7.84. The first kappa shape index (κ1) is 15.6. The molecule has 0 radical (unpaired) electrons. The molecule has 0 saturated heterocycles. The van der Waals surface area contributed by atoms with Crippen molar-refractivity contribution in [3.8, 4) is 0 Å². The Labute approximate surface area is 130 Å². The molecule has 1 aromatic carbocycles. The van der Waals surface area contributed by atoms with Crippen molar-refractivity contribution in [2.45, 2.75) is 26.7 Å². The van der Waals surface area contributed by atoms with E-state index in [9.17, 15) is 4.79 Å². The van der Waals surface area contributed by atoms with Gasteiger partial charge in [0.1, 0.15) is 0 Å². The predicted octanol–water partition coefficient (Wildman–Crippen LogP) is 3.85. The third-order valence-electron chi connectivity index (χ3n) is 3.31. The van der Waals surface area contributed by atoms with Gasteiger partial charge in [0.15, 0.2) is 0 Å². The van der Waals surface area contributed by atoms with Crippen molar-refractivity contribution in [1.29, 1.82) is 0 Å². The molecule has 21 heavy (non-hydrogen) atoms. The van der Waals surface area contributed by atoms with Crippen LogP contribution in [-0.4, -0.2) is 19.0 Å². The molecule has 0 spiro atoms. The number of para-hydroxylation sites is 1. The molecule has 112 valence electrons. The van der Waals surface area contributed by atoms with E-state index in [0.29, 0.717) is 6.54 Å². The van der Waals surface area contributed by atoms with Crippen molar-refractivity contribution in [2.24, 2.45) is 0 Å². The van der Waals surface area contributed by atoms with Gasteiger partial charge in [0.25, 0.3) is 5.91 Å². The summed E-state index contributed by atoms with van der Waals surface area (Å²) in [5.74, 6) is 0.0440. The minimum Gasteiger partial charge on any atom is -0.385 e. The van der Waals surface area contributed by atoms with E-state index in [-0.39, 0.29) is 5.91 Å². The summed E-state index contributed by atoms with van der Waals surface area (Å²) in [7, 11) is 0. The number of carbonyl (C=O) groups is 1. The van der Waals surface area contributed by atoms with Crippen molar-refractivity contribution in [3.63, 3.8) is 0 Å². The van der Waals surface area contributed by atoms with Crippen LogP contribution < -0.4 is 10.6 Å². The summed E-state index contributed by atoms with van der Waals surface area (Å²) in [5, 5.41) is 6.31. The van der Waals surface area contributed by atoms with E-state index in [0.717, 1.165) is 30.0 Å². The van der Waals surface area contributed by atoms with E-state index in [1.54, 1.807) is 11.3 Å². The highest BCUT2D eigenvalue weighted by Gasteiger charge is 2.10. The SMILES string of the molecule is CCc1sc(C(=O)NCCCNc2ccccc2)cc1C. The van der Waals surface area contributed by atoms with E-state index >= 15 is 0 Å². The first-order chi connectivity index (χ1) is 10.2. The Kier molecular flexibility index (Phi) is 5.81. The van der Waals surface area contributed by atoms with Crippen LogP contribution in [0.5, 0.6) is 0 Å². The number of benzene rings is 1. The topological polar surface area (TPSA) is 41.1 Å². The zero-order chi connectivity index (χ0) is 15.1. The van der Waals surface area contributed by atoms with E-state index in [1.807, 2.05) is 36.4 Å². The largest absolute Gasteiger partial charge is 0.385 e. The number of anilines is 1. The quantitative estimate of drug-likeness (QED) is 0.763. The van der Waals surface area contributed by atoms with E-state index in [4.69, 9.17) is 0 Å². The van der Waals surface area contributed by atoms with Gasteiger partial charge in [-0.1, -0.05) is 25.1 Å². The first-order valence-corrected chi connectivity index (χ1v) is 8.18. The highest BCUT2D eigenvalue weighted by Crippen LogP contribution is 2.22. The number of carbonyl (C=O) groups excluding carboxylic acids is 1. The van der Waals surface area contributed by atoms with Crippen LogP contribution in [0.25, 0.3) is 0 Å². The first-order valence-electron chi connectivity index (χ1n) is 7.37. The van der Waals surface area contributed by atoms with Crippen LogP contribution in [-0.2, 0) is 6.42 Å². The van der Waals surface area contributed by atoms with Crippen LogP contribution in [0.15, 0.2) is 36.4 Å². The Morgan fingerprint density at radius 2 is 1.95 bits per heavy atom. The third-order valence-corrected chi connectivity index (χ3v) is 4.69. The Morgan fingerprint density at radius 3 is 2.62 bits per heavy atom. The predicted molar refractivity (Wildman–Crippen MR) is 90.3 cm³/mol. The fraction of sp³-hybridized carbons (Fsp3) is 0.353. The van der Waals surface area contributed by atoms with Crippen molar-refractivity contribution >= 4 is 22.9 Å². The van der Waals surface area contributed by atoms with Gasteiger partial charge in [0.05, 0.1) is 4.88 Å². The van der Waals surface area contributed by atoms with Gasteiger partial charge in [-0.3, -0.25) is 4.79 Å². The molecule has 4 heteroatoms. The van der Waals surface area contributed by atoms with Gasteiger partial charge in [0, 0.05) is 23.7 Å². The average Bonchev–Trinajstić information content (AvgIpc) is 2.89. The van der Waals surface area contributed by atoms with Crippen molar-refractivity contribution in [1.82, 2.24) is 5.32 Å². The summed E-state index contributed by atoms with van der Waals surface area (Å²) in [5.41, 5.74) is 2.34. The molecule has 3 nitrogen and oxygen atoms in total. The lowest BCUT2D eigenvalue weighted by Crippen LogP contribution is -2.25. The fourth-order valence-electron chi connectivity index (χ4n) is 2.15. The molecule has 0 aliphatic heterocycles. The van der Waals surface area contributed by atoms with E-state index in [2.05, 4.69) is 24.5 Å². The summed E-state index contributed by atoms with van der Waals surface area (Å²) in [6.07, 6.45) is 1.90. The zero-order valence-electron chi connectivity index (χ0n) is 12.6. The monoisotopic (exact) mass is 302 g/mol. The van der Waals surface area contributed by atoms with Gasteiger partial charge in [0.2, 0.25) is 0 Å². The number of amides is 1. The number of hydrogen-bond acceptors (Lipinski definition) is 3. The Balaban J connectivity index is 1.69. The lowest BCUT2D eigenvalue weighted by atomic mass is 10.2. The third kappa shape index (κ3) is 4.60. The number of rotatable bonds is 7. The maximum atomic E-state index is 12.0. The summed E-state index contributed by atoms with van der Waals surface area (Å²) in [4.78, 5) is 14.2. The molecule has 0 unspecified atom stereocenters. The number of nitrogens with one attached hydrogen (secondary N) is 2. The van der Waals surface area contributed by atoms with Crippen molar-refractivity contribution in [2.75, 3.05) is 18.4 Å². The lowest BCUT2D eigenvalue weighted by Gasteiger charge is -2.06. The molecule has 2 aromatic rings. The van der Waals surface area contributed by atoms with Crippen LogP contribution in [0.3, 0.4) is 0 Å². The van der Waals surface area contributed by atoms with Crippen LogP contribution in [0.4, 0.5) is 5.69 Å². The molecule has 0 aliphatic carbocycles. The van der Waals surface area contributed by atoms with Gasteiger partial charge < -0.3 is 10.6 Å². The van der Waals surface area contributed by atoms with Gasteiger partial charge >= 0.3 is 0 Å².